The number of imidazole rings is 1. The van der Waals surface area contributed by atoms with Gasteiger partial charge in [-0.05, 0) is 35.9 Å². The first kappa shape index (κ1) is 12.0. The van der Waals surface area contributed by atoms with Crippen LogP contribution in [0.5, 0.6) is 0 Å². The second kappa shape index (κ2) is 4.55. The summed E-state index contributed by atoms with van der Waals surface area (Å²) >= 11 is 5.95. The van der Waals surface area contributed by atoms with E-state index in [0.29, 0.717) is 28.5 Å². The molecule has 2 N–H and O–H groups in total. The van der Waals surface area contributed by atoms with Gasteiger partial charge in [-0.3, -0.25) is 0 Å². The van der Waals surface area contributed by atoms with Crippen LogP contribution in [0.15, 0.2) is 42.5 Å². The molecule has 0 aliphatic rings. The van der Waals surface area contributed by atoms with Crippen LogP contribution < -0.4 is 5.73 Å². The summed E-state index contributed by atoms with van der Waals surface area (Å²) in [5.41, 5.74) is 8.23. The van der Waals surface area contributed by atoms with Crippen LogP contribution in [0.2, 0.25) is 5.02 Å². The highest BCUT2D eigenvalue weighted by Crippen LogP contribution is 2.21. The van der Waals surface area contributed by atoms with Crippen molar-refractivity contribution in [2.75, 3.05) is 5.73 Å². The predicted octanol–water partition coefficient (Wildman–Crippen LogP) is 3.46. The lowest BCUT2D eigenvalue weighted by atomic mass is 10.2. The van der Waals surface area contributed by atoms with E-state index in [4.69, 9.17) is 17.3 Å². The Morgan fingerprint density at radius 1 is 1.21 bits per heavy atom. The van der Waals surface area contributed by atoms with Crippen molar-refractivity contribution in [2.45, 2.75) is 6.54 Å². The topological polar surface area (TPSA) is 43.8 Å². The third-order valence-electron chi connectivity index (χ3n) is 2.97. The molecule has 0 atom stereocenters. The van der Waals surface area contributed by atoms with Gasteiger partial charge >= 0.3 is 0 Å². The summed E-state index contributed by atoms with van der Waals surface area (Å²) in [5.74, 6) is 0.0559. The smallest absolute Gasteiger partial charge is 0.201 e. The molecule has 0 bridgehead atoms. The van der Waals surface area contributed by atoms with Crippen molar-refractivity contribution >= 4 is 28.6 Å². The fourth-order valence-corrected chi connectivity index (χ4v) is 2.31. The fourth-order valence-electron chi connectivity index (χ4n) is 2.10. The number of nitrogens with two attached hydrogens (primary N) is 1. The third kappa shape index (κ3) is 2.27. The average molecular weight is 276 g/mol. The highest BCUT2D eigenvalue weighted by atomic mass is 35.5. The zero-order valence-electron chi connectivity index (χ0n) is 9.98. The molecule has 1 aromatic heterocycles. The maximum Gasteiger partial charge on any atom is 0.201 e. The van der Waals surface area contributed by atoms with Gasteiger partial charge in [0.2, 0.25) is 5.95 Å². The Morgan fingerprint density at radius 2 is 2.05 bits per heavy atom. The average Bonchev–Trinajstić information content (AvgIpc) is 2.66. The zero-order chi connectivity index (χ0) is 13.4. The molecule has 0 saturated carbocycles. The number of rotatable bonds is 2. The number of halogens is 2. The molecular formula is C14H11ClFN3. The zero-order valence-corrected chi connectivity index (χ0v) is 10.7. The Bertz CT molecular complexity index is 752. The van der Waals surface area contributed by atoms with Gasteiger partial charge in [0.1, 0.15) is 5.82 Å². The van der Waals surface area contributed by atoms with Crippen molar-refractivity contribution in [3.8, 4) is 0 Å². The maximum absolute atomic E-state index is 13.3. The van der Waals surface area contributed by atoms with Crippen molar-refractivity contribution < 1.29 is 4.39 Å². The Morgan fingerprint density at radius 3 is 2.84 bits per heavy atom. The summed E-state index contributed by atoms with van der Waals surface area (Å²) in [6.07, 6.45) is 0. The van der Waals surface area contributed by atoms with Gasteiger partial charge in [0, 0.05) is 5.02 Å². The largest absolute Gasteiger partial charge is 0.369 e. The molecule has 0 spiro atoms. The first-order valence-corrected chi connectivity index (χ1v) is 6.17. The second-order valence-electron chi connectivity index (χ2n) is 4.32. The van der Waals surface area contributed by atoms with E-state index in [9.17, 15) is 4.39 Å². The maximum atomic E-state index is 13.3. The van der Waals surface area contributed by atoms with E-state index >= 15 is 0 Å². The van der Waals surface area contributed by atoms with Gasteiger partial charge in [0.05, 0.1) is 17.6 Å². The van der Waals surface area contributed by atoms with Crippen molar-refractivity contribution in [3.63, 3.8) is 0 Å². The van der Waals surface area contributed by atoms with Crippen LogP contribution in [0.25, 0.3) is 11.0 Å². The summed E-state index contributed by atoms with van der Waals surface area (Å²) in [6, 6.07) is 11.9. The van der Waals surface area contributed by atoms with Gasteiger partial charge in [-0.1, -0.05) is 23.7 Å². The number of nitrogens with zero attached hydrogens (tertiary/aromatic N) is 2. The number of hydrogen-bond acceptors (Lipinski definition) is 2. The molecule has 19 heavy (non-hydrogen) atoms. The molecule has 0 aliphatic carbocycles. The van der Waals surface area contributed by atoms with Crippen LogP contribution in [-0.4, -0.2) is 9.55 Å². The Labute approximate surface area is 114 Å². The number of nitrogen functional groups attached to an aromatic ring is 1. The van der Waals surface area contributed by atoms with E-state index in [2.05, 4.69) is 4.98 Å². The predicted molar refractivity (Wildman–Crippen MR) is 74.7 cm³/mol. The quantitative estimate of drug-likeness (QED) is 0.778. The first-order chi connectivity index (χ1) is 9.13. The number of fused-ring (bicyclic) bond motifs is 1. The summed E-state index contributed by atoms with van der Waals surface area (Å²) in [4.78, 5) is 4.21. The monoisotopic (exact) mass is 275 g/mol. The molecule has 0 amide bonds. The Balaban J connectivity index is 2.09. The minimum Gasteiger partial charge on any atom is -0.369 e. The SMILES string of the molecule is Nc1nc2ccc(F)cc2n1Cc1cccc(Cl)c1. The van der Waals surface area contributed by atoms with E-state index < -0.39 is 0 Å². The van der Waals surface area contributed by atoms with Crippen molar-refractivity contribution in [1.29, 1.82) is 0 Å². The molecule has 0 unspecified atom stereocenters. The molecular weight excluding hydrogens is 265 g/mol. The number of benzene rings is 2. The van der Waals surface area contributed by atoms with E-state index in [1.165, 1.54) is 12.1 Å². The van der Waals surface area contributed by atoms with Crippen LogP contribution in [0.4, 0.5) is 10.3 Å². The molecule has 0 saturated heterocycles. The third-order valence-corrected chi connectivity index (χ3v) is 3.20. The minimum atomic E-state index is -0.306. The summed E-state index contributed by atoms with van der Waals surface area (Å²) in [5, 5.41) is 0.659. The van der Waals surface area contributed by atoms with E-state index in [1.807, 2.05) is 18.2 Å². The van der Waals surface area contributed by atoms with Crippen LogP contribution in [0.1, 0.15) is 5.56 Å². The molecule has 3 aromatic rings. The molecule has 3 nitrogen and oxygen atoms in total. The van der Waals surface area contributed by atoms with Crippen LogP contribution in [0, 0.1) is 5.82 Å². The number of aromatic nitrogens is 2. The molecule has 3 rings (SSSR count). The Kier molecular flexibility index (Phi) is 2.87. The second-order valence-corrected chi connectivity index (χ2v) is 4.76. The van der Waals surface area contributed by atoms with Crippen molar-refractivity contribution in [2.24, 2.45) is 0 Å². The molecule has 0 radical (unpaired) electrons. The van der Waals surface area contributed by atoms with Crippen molar-refractivity contribution in [3.05, 3.63) is 58.9 Å². The van der Waals surface area contributed by atoms with E-state index in [0.717, 1.165) is 5.56 Å². The summed E-state index contributed by atoms with van der Waals surface area (Å²) in [6.45, 7) is 0.506. The molecule has 5 heteroatoms. The van der Waals surface area contributed by atoms with Crippen LogP contribution in [0.3, 0.4) is 0 Å². The fraction of sp³-hybridized carbons (Fsp3) is 0.0714. The molecule has 0 fully saturated rings. The van der Waals surface area contributed by atoms with Gasteiger partial charge in [0.15, 0.2) is 0 Å². The lowest BCUT2D eigenvalue weighted by molar-refractivity contribution is 0.628. The summed E-state index contributed by atoms with van der Waals surface area (Å²) in [7, 11) is 0. The number of hydrogen-bond donors (Lipinski definition) is 1. The van der Waals surface area contributed by atoms with E-state index in [1.54, 1.807) is 16.7 Å². The Hall–Kier alpha value is -2.07. The number of anilines is 1. The molecule has 0 aliphatic heterocycles. The van der Waals surface area contributed by atoms with Gasteiger partial charge < -0.3 is 10.3 Å². The summed E-state index contributed by atoms with van der Waals surface area (Å²) < 4.78 is 15.1. The first-order valence-electron chi connectivity index (χ1n) is 5.79. The minimum absolute atomic E-state index is 0.306. The van der Waals surface area contributed by atoms with E-state index in [-0.39, 0.29) is 5.82 Å². The standard InChI is InChI=1S/C14H11ClFN3/c15-10-3-1-2-9(6-10)8-19-13-7-11(16)4-5-12(13)18-14(19)17/h1-7H,8H2,(H2,17,18). The van der Waals surface area contributed by atoms with Crippen molar-refractivity contribution in [1.82, 2.24) is 9.55 Å². The molecule has 96 valence electrons. The normalized spacial score (nSPS) is 11.1. The lowest BCUT2D eigenvalue weighted by Crippen LogP contribution is -2.04. The highest BCUT2D eigenvalue weighted by Gasteiger charge is 2.09. The highest BCUT2D eigenvalue weighted by molar-refractivity contribution is 6.30. The van der Waals surface area contributed by atoms with Crippen LogP contribution in [-0.2, 0) is 6.54 Å². The lowest BCUT2D eigenvalue weighted by Gasteiger charge is -2.07. The molecule has 2 aromatic carbocycles. The molecule has 1 heterocycles. The van der Waals surface area contributed by atoms with Gasteiger partial charge in [-0.15, -0.1) is 0 Å². The van der Waals surface area contributed by atoms with Gasteiger partial charge in [-0.25, -0.2) is 9.37 Å². The van der Waals surface area contributed by atoms with Gasteiger partial charge in [-0.2, -0.15) is 0 Å². The van der Waals surface area contributed by atoms with Gasteiger partial charge in [0.25, 0.3) is 0 Å². The van der Waals surface area contributed by atoms with Crippen LogP contribution >= 0.6 is 11.6 Å².